The number of rotatable bonds is 5. The summed E-state index contributed by atoms with van der Waals surface area (Å²) in [6.07, 6.45) is 1.72. The van der Waals surface area contributed by atoms with Gasteiger partial charge in [0.2, 0.25) is 0 Å². The molecule has 0 radical (unpaired) electrons. The molecular formula is C12H13N3O3S2. The molecule has 1 N–H and O–H groups in total. The van der Waals surface area contributed by atoms with Crippen LogP contribution < -0.4 is 5.32 Å². The molecule has 20 heavy (non-hydrogen) atoms. The average Bonchev–Trinajstić information content (AvgIpc) is 3.06. The summed E-state index contributed by atoms with van der Waals surface area (Å²) >= 11 is 2.66. The van der Waals surface area contributed by atoms with Crippen molar-refractivity contribution in [2.45, 2.75) is 19.9 Å². The van der Waals surface area contributed by atoms with Gasteiger partial charge in [0, 0.05) is 18.5 Å². The number of hydrogen-bond acceptors (Lipinski definition) is 8. The zero-order valence-electron chi connectivity index (χ0n) is 11.2. The number of Topliss-reactive ketones (excluding diaryl/α,β-unsaturated/α-hetero) is 1. The van der Waals surface area contributed by atoms with Gasteiger partial charge in [-0.25, -0.2) is 14.8 Å². The monoisotopic (exact) mass is 311 g/mol. The third-order valence-electron chi connectivity index (χ3n) is 2.49. The lowest BCUT2D eigenvalue weighted by molar-refractivity contribution is 0.0591. The Bertz CT molecular complexity index is 622. The fraction of sp³-hybridized carbons (Fsp3) is 0.333. The maximum atomic E-state index is 11.6. The quantitative estimate of drug-likeness (QED) is 0.675. The number of nitrogens with one attached hydrogen (secondary N) is 1. The molecule has 106 valence electrons. The number of ether oxygens (including phenoxy) is 1. The van der Waals surface area contributed by atoms with Crippen LogP contribution in [0, 0.1) is 0 Å². The first-order valence-electron chi connectivity index (χ1n) is 5.79. The number of carbonyl (C=O) groups is 2. The van der Waals surface area contributed by atoms with Crippen LogP contribution in [0.1, 0.15) is 45.1 Å². The minimum Gasteiger partial charge on any atom is -0.464 e. The summed E-state index contributed by atoms with van der Waals surface area (Å²) in [5.74, 6) is -0.820. The van der Waals surface area contributed by atoms with Crippen LogP contribution in [0.15, 0.2) is 11.6 Å². The van der Waals surface area contributed by atoms with Gasteiger partial charge in [0.15, 0.2) is 16.6 Å². The number of methoxy groups -OCH3 is 1. The number of carbonyl (C=O) groups excluding carboxylic acids is 2. The van der Waals surface area contributed by atoms with Crippen LogP contribution in [0.25, 0.3) is 0 Å². The van der Waals surface area contributed by atoms with Crippen LogP contribution in [0.3, 0.4) is 0 Å². The maximum Gasteiger partial charge on any atom is 0.358 e. The Morgan fingerprint density at radius 1 is 1.45 bits per heavy atom. The van der Waals surface area contributed by atoms with Gasteiger partial charge in [0.25, 0.3) is 0 Å². The van der Waals surface area contributed by atoms with Crippen LogP contribution >= 0.6 is 22.7 Å². The highest BCUT2D eigenvalue weighted by atomic mass is 32.1. The molecule has 0 aromatic carbocycles. The van der Waals surface area contributed by atoms with Crippen molar-refractivity contribution in [3.63, 3.8) is 0 Å². The SMILES string of the molecule is COC(=O)c1nc(NC(C)c2nccs2)sc1C(C)=O. The lowest BCUT2D eigenvalue weighted by Crippen LogP contribution is -2.08. The first kappa shape index (κ1) is 14.6. The summed E-state index contributed by atoms with van der Waals surface area (Å²) in [5, 5.41) is 6.42. The molecule has 1 atom stereocenters. The average molecular weight is 311 g/mol. The second-order valence-corrected chi connectivity index (χ2v) is 5.91. The van der Waals surface area contributed by atoms with E-state index in [2.05, 4.69) is 20.0 Å². The summed E-state index contributed by atoms with van der Waals surface area (Å²) in [7, 11) is 1.26. The van der Waals surface area contributed by atoms with Crippen molar-refractivity contribution in [2.75, 3.05) is 12.4 Å². The molecule has 0 fully saturated rings. The van der Waals surface area contributed by atoms with Crippen molar-refractivity contribution in [1.82, 2.24) is 9.97 Å². The summed E-state index contributed by atoms with van der Waals surface area (Å²) in [6, 6.07) is -0.0496. The van der Waals surface area contributed by atoms with E-state index >= 15 is 0 Å². The van der Waals surface area contributed by atoms with E-state index in [0.29, 0.717) is 10.0 Å². The van der Waals surface area contributed by atoms with Gasteiger partial charge in [0.05, 0.1) is 13.2 Å². The molecule has 2 rings (SSSR count). The predicted octanol–water partition coefficient (Wildman–Crippen LogP) is 2.76. The molecule has 6 nitrogen and oxygen atoms in total. The van der Waals surface area contributed by atoms with Crippen molar-refractivity contribution in [3.8, 4) is 0 Å². The fourth-order valence-corrected chi connectivity index (χ4v) is 3.13. The first-order valence-corrected chi connectivity index (χ1v) is 7.48. The minimum absolute atomic E-state index is 0.0496. The lowest BCUT2D eigenvalue weighted by atomic mass is 10.3. The highest BCUT2D eigenvalue weighted by Gasteiger charge is 2.22. The molecule has 0 amide bonds. The van der Waals surface area contributed by atoms with Crippen LogP contribution in [0.5, 0.6) is 0 Å². The van der Waals surface area contributed by atoms with E-state index in [9.17, 15) is 9.59 Å². The Kier molecular flexibility index (Phi) is 4.46. The lowest BCUT2D eigenvalue weighted by Gasteiger charge is -2.08. The molecule has 0 saturated heterocycles. The molecule has 1 unspecified atom stereocenters. The Balaban J connectivity index is 2.25. The predicted molar refractivity (Wildman–Crippen MR) is 77.6 cm³/mol. The Hall–Kier alpha value is -1.80. The standard InChI is InChI=1S/C12H13N3O3S2/c1-6(10-13-4-5-19-10)14-12-15-8(11(17)18-3)9(20-12)7(2)16/h4-6H,1-3H3,(H,14,15). The molecule has 0 aliphatic heterocycles. The number of anilines is 1. The van der Waals surface area contributed by atoms with E-state index in [1.54, 1.807) is 6.20 Å². The first-order chi connectivity index (χ1) is 9.52. The van der Waals surface area contributed by atoms with Gasteiger partial charge in [-0.3, -0.25) is 4.79 Å². The van der Waals surface area contributed by atoms with E-state index in [-0.39, 0.29) is 17.5 Å². The smallest absolute Gasteiger partial charge is 0.358 e. The van der Waals surface area contributed by atoms with Gasteiger partial charge in [0.1, 0.15) is 9.88 Å². The molecule has 0 aliphatic carbocycles. The third-order valence-corrected chi connectivity index (χ3v) is 4.53. The van der Waals surface area contributed by atoms with Crippen LogP contribution in [-0.2, 0) is 4.74 Å². The summed E-state index contributed by atoms with van der Waals surface area (Å²) in [4.78, 5) is 31.8. The number of esters is 1. The number of ketones is 1. The molecule has 2 aromatic heterocycles. The topological polar surface area (TPSA) is 81.2 Å². The molecule has 0 bridgehead atoms. The van der Waals surface area contributed by atoms with Crippen molar-refractivity contribution in [3.05, 3.63) is 27.2 Å². The van der Waals surface area contributed by atoms with Gasteiger partial charge in [-0.15, -0.1) is 11.3 Å². The van der Waals surface area contributed by atoms with Gasteiger partial charge in [-0.05, 0) is 6.92 Å². The van der Waals surface area contributed by atoms with E-state index in [0.717, 1.165) is 16.3 Å². The fourth-order valence-electron chi connectivity index (χ4n) is 1.55. The minimum atomic E-state index is -0.610. The highest BCUT2D eigenvalue weighted by molar-refractivity contribution is 7.17. The van der Waals surface area contributed by atoms with Gasteiger partial charge in [-0.1, -0.05) is 11.3 Å². The van der Waals surface area contributed by atoms with Crippen molar-refractivity contribution >= 4 is 39.6 Å². The molecule has 2 aromatic rings. The summed E-state index contributed by atoms with van der Waals surface area (Å²) in [5.41, 5.74) is 0.0545. The second-order valence-electron chi connectivity index (χ2n) is 3.98. The molecular weight excluding hydrogens is 298 g/mol. The van der Waals surface area contributed by atoms with Gasteiger partial charge < -0.3 is 10.1 Å². The normalized spacial score (nSPS) is 11.9. The second kappa shape index (κ2) is 6.10. The zero-order valence-corrected chi connectivity index (χ0v) is 12.8. The molecule has 0 aliphatic rings. The highest BCUT2D eigenvalue weighted by Crippen LogP contribution is 2.28. The van der Waals surface area contributed by atoms with Crippen molar-refractivity contribution in [1.29, 1.82) is 0 Å². The Labute approximate surface area is 123 Å². The summed E-state index contributed by atoms with van der Waals surface area (Å²) in [6.45, 7) is 3.33. The van der Waals surface area contributed by atoms with Crippen molar-refractivity contribution in [2.24, 2.45) is 0 Å². The number of nitrogens with zero attached hydrogens (tertiary/aromatic N) is 2. The molecule has 2 heterocycles. The van der Waals surface area contributed by atoms with Crippen LogP contribution in [0.4, 0.5) is 5.13 Å². The maximum absolute atomic E-state index is 11.6. The van der Waals surface area contributed by atoms with E-state index < -0.39 is 5.97 Å². The molecule has 0 saturated carbocycles. The Morgan fingerprint density at radius 2 is 2.20 bits per heavy atom. The van der Waals surface area contributed by atoms with E-state index in [1.807, 2.05) is 12.3 Å². The van der Waals surface area contributed by atoms with Gasteiger partial charge >= 0.3 is 5.97 Å². The van der Waals surface area contributed by atoms with Crippen LogP contribution in [0.2, 0.25) is 0 Å². The Morgan fingerprint density at radius 3 is 2.75 bits per heavy atom. The molecule has 0 spiro atoms. The van der Waals surface area contributed by atoms with Gasteiger partial charge in [-0.2, -0.15) is 0 Å². The number of aromatic nitrogens is 2. The largest absolute Gasteiger partial charge is 0.464 e. The van der Waals surface area contributed by atoms with E-state index in [1.165, 1.54) is 25.4 Å². The number of thiazole rings is 2. The zero-order chi connectivity index (χ0) is 14.7. The third kappa shape index (κ3) is 3.02. The number of hydrogen-bond donors (Lipinski definition) is 1. The van der Waals surface area contributed by atoms with Crippen LogP contribution in [-0.4, -0.2) is 28.8 Å². The van der Waals surface area contributed by atoms with E-state index in [4.69, 9.17) is 0 Å². The van der Waals surface area contributed by atoms with Crippen molar-refractivity contribution < 1.29 is 14.3 Å². The molecule has 8 heteroatoms. The summed E-state index contributed by atoms with van der Waals surface area (Å²) < 4.78 is 4.63.